The molecule has 118 valence electrons. The van der Waals surface area contributed by atoms with Crippen molar-refractivity contribution in [2.45, 2.75) is 25.2 Å². The lowest BCUT2D eigenvalue weighted by Gasteiger charge is -2.26. The number of aryl methyl sites for hydroxylation is 1. The van der Waals surface area contributed by atoms with Crippen LogP contribution in [0.4, 0.5) is 0 Å². The summed E-state index contributed by atoms with van der Waals surface area (Å²) in [6.07, 6.45) is 5.91. The second-order valence-electron chi connectivity index (χ2n) is 5.16. The molecule has 0 aliphatic heterocycles. The van der Waals surface area contributed by atoms with Gasteiger partial charge in [0.15, 0.2) is 5.96 Å². The molecule has 2 N–H and O–H groups in total. The van der Waals surface area contributed by atoms with E-state index in [4.69, 9.17) is 0 Å². The highest BCUT2D eigenvalue weighted by atomic mass is 127. The zero-order valence-corrected chi connectivity index (χ0v) is 16.0. The Balaban J connectivity index is 0.00000220. The molecule has 0 saturated heterocycles. The Bertz CT molecular complexity index is 451. The van der Waals surface area contributed by atoms with Crippen molar-refractivity contribution in [3.05, 3.63) is 35.4 Å². The summed E-state index contributed by atoms with van der Waals surface area (Å²) in [5, 5.41) is 6.82. The van der Waals surface area contributed by atoms with E-state index in [1.165, 1.54) is 30.4 Å². The van der Waals surface area contributed by atoms with Crippen molar-refractivity contribution in [1.82, 2.24) is 10.6 Å². The number of benzene rings is 1. The van der Waals surface area contributed by atoms with Crippen LogP contribution in [0.5, 0.6) is 0 Å². The lowest BCUT2D eigenvalue weighted by Crippen LogP contribution is -2.40. The van der Waals surface area contributed by atoms with Crippen LogP contribution in [0.15, 0.2) is 29.3 Å². The van der Waals surface area contributed by atoms with Gasteiger partial charge in [0, 0.05) is 31.8 Å². The quantitative estimate of drug-likeness (QED) is 0.333. The Morgan fingerprint density at radius 2 is 2.14 bits per heavy atom. The van der Waals surface area contributed by atoms with E-state index in [-0.39, 0.29) is 24.0 Å². The van der Waals surface area contributed by atoms with Crippen LogP contribution in [0.25, 0.3) is 0 Å². The summed E-state index contributed by atoms with van der Waals surface area (Å²) in [6.45, 7) is 1.93. The van der Waals surface area contributed by atoms with E-state index in [2.05, 4.69) is 46.1 Å². The lowest BCUT2D eigenvalue weighted by atomic mass is 9.83. The van der Waals surface area contributed by atoms with E-state index < -0.39 is 0 Å². The molecule has 0 fully saturated rings. The molecule has 1 aliphatic rings. The standard InChI is InChI=1S/C16H25N3S.HI/c1-17-16(18-10-11-20-2)19-12-14-8-5-7-13-6-3-4-9-15(13)14;/h3-4,6,9,14H,5,7-8,10-12H2,1-2H3,(H2,17,18,19);1H. The van der Waals surface area contributed by atoms with Crippen molar-refractivity contribution >= 4 is 41.7 Å². The van der Waals surface area contributed by atoms with Crippen LogP contribution in [0.1, 0.15) is 29.9 Å². The van der Waals surface area contributed by atoms with Gasteiger partial charge in [-0.3, -0.25) is 4.99 Å². The maximum Gasteiger partial charge on any atom is 0.191 e. The van der Waals surface area contributed by atoms with E-state index in [9.17, 15) is 0 Å². The van der Waals surface area contributed by atoms with Crippen molar-refractivity contribution in [2.75, 3.05) is 32.1 Å². The van der Waals surface area contributed by atoms with Gasteiger partial charge in [0.2, 0.25) is 0 Å². The van der Waals surface area contributed by atoms with Crippen molar-refractivity contribution in [3.63, 3.8) is 0 Å². The molecule has 0 saturated carbocycles. The number of nitrogens with one attached hydrogen (secondary N) is 2. The fourth-order valence-electron chi connectivity index (χ4n) is 2.78. The van der Waals surface area contributed by atoms with Gasteiger partial charge in [0.05, 0.1) is 0 Å². The first-order chi connectivity index (χ1) is 9.85. The predicted molar refractivity (Wildman–Crippen MR) is 105 cm³/mol. The Kier molecular flexibility index (Phi) is 9.15. The number of hydrogen-bond acceptors (Lipinski definition) is 2. The summed E-state index contributed by atoms with van der Waals surface area (Å²) in [5.41, 5.74) is 3.04. The Hall–Kier alpha value is -0.430. The minimum Gasteiger partial charge on any atom is -0.356 e. The molecular weight excluding hydrogens is 393 g/mol. The summed E-state index contributed by atoms with van der Waals surface area (Å²) in [6, 6.07) is 8.86. The SMILES string of the molecule is CN=C(NCCSC)NCC1CCCc2ccccc21.I. The van der Waals surface area contributed by atoms with Gasteiger partial charge in [0.1, 0.15) is 0 Å². The highest BCUT2D eigenvalue weighted by Crippen LogP contribution is 2.30. The number of guanidine groups is 1. The largest absolute Gasteiger partial charge is 0.356 e. The molecule has 1 aromatic carbocycles. The van der Waals surface area contributed by atoms with Gasteiger partial charge in [-0.25, -0.2) is 0 Å². The van der Waals surface area contributed by atoms with Crippen LogP contribution in [0.3, 0.4) is 0 Å². The summed E-state index contributed by atoms with van der Waals surface area (Å²) in [4.78, 5) is 4.29. The van der Waals surface area contributed by atoms with Crippen molar-refractivity contribution in [3.8, 4) is 0 Å². The lowest BCUT2D eigenvalue weighted by molar-refractivity contribution is 0.540. The Morgan fingerprint density at radius 3 is 2.90 bits per heavy atom. The number of rotatable bonds is 5. The van der Waals surface area contributed by atoms with E-state index in [0.717, 1.165) is 24.8 Å². The Morgan fingerprint density at radius 1 is 1.33 bits per heavy atom. The number of hydrogen-bond donors (Lipinski definition) is 2. The average molecular weight is 419 g/mol. The molecule has 0 spiro atoms. The summed E-state index contributed by atoms with van der Waals surface area (Å²) in [7, 11) is 1.84. The van der Waals surface area contributed by atoms with E-state index in [1.54, 1.807) is 0 Å². The van der Waals surface area contributed by atoms with Gasteiger partial charge >= 0.3 is 0 Å². The second kappa shape index (κ2) is 10.3. The summed E-state index contributed by atoms with van der Waals surface area (Å²) in [5.74, 6) is 2.63. The predicted octanol–water partition coefficient (Wildman–Crippen LogP) is 3.25. The number of nitrogens with zero attached hydrogens (tertiary/aromatic N) is 1. The summed E-state index contributed by atoms with van der Waals surface area (Å²) < 4.78 is 0. The Labute approximate surface area is 149 Å². The molecule has 0 radical (unpaired) electrons. The van der Waals surface area contributed by atoms with Gasteiger partial charge < -0.3 is 10.6 Å². The molecule has 1 aromatic rings. The van der Waals surface area contributed by atoms with Gasteiger partial charge in [-0.15, -0.1) is 24.0 Å². The van der Waals surface area contributed by atoms with Gasteiger partial charge in [-0.1, -0.05) is 24.3 Å². The van der Waals surface area contributed by atoms with Crippen LogP contribution in [0, 0.1) is 0 Å². The molecule has 1 aliphatic carbocycles. The van der Waals surface area contributed by atoms with Crippen molar-refractivity contribution < 1.29 is 0 Å². The molecule has 1 unspecified atom stereocenters. The maximum atomic E-state index is 4.29. The van der Waals surface area contributed by atoms with Crippen LogP contribution in [-0.2, 0) is 6.42 Å². The van der Waals surface area contributed by atoms with E-state index in [0.29, 0.717) is 5.92 Å². The van der Waals surface area contributed by atoms with Crippen molar-refractivity contribution in [1.29, 1.82) is 0 Å². The zero-order valence-electron chi connectivity index (χ0n) is 12.9. The van der Waals surface area contributed by atoms with Gasteiger partial charge in [-0.2, -0.15) is 11.8 Å². The topological polar surface area (TPSA) is 36.4 Å². The number of halogens is 1. The zero-order chi connectivity index (χ0) is 14.2. The number of thioether (sulfide) groups is 1. The fourth-order valence-corrected chi connectivity index (χ4v) is 3.08. The smallest absolute Gasteiger partial charge is 0.191 e. The van der Waals surface area contributed by atoms with Crippen LogP contribution in [0.2, 0.25) is 0 Å². The minimum atomic E-state index is 0. The van der Waals surface area contributed by atoms with Crippen LogP contribution in [-0.4, -0.2) is 38.1 Å². The molecular formula is C16H26IN3S. The summed E-state index contributed by atoms with van der Waals surface area (Å²) >= 11 is 1.85. The molecule has 1 atom stereocenters. The fraction of sp³-hybridized carbons (Fsp3) is 0.562. The maximum absolute atomic E-state index is 4.29. The third-order valence-electron chi connectivity index (χ3n) is 3.83. The van der Waals surface area contributed by atoms with Crippen molar-refractivity contribution in [2.24, 2.45) is 4.99 Å². The van der Waals surface area contributed by atoms with Crippen LogP contribution >= 0.6 is 35.7 Å². The van der Waals surface area contributed by atoms with Crippen LogP contribution < -0.4 is 10.6 Å². The number of fused-ring (bicyclic) bond motifs is 1. The molecule has 2 rings (SSSR count). The van der Waals surface area contributed by atoms with Gasteiger partial charge in [0.25, 0.3) is 0 Å². The minimum absolute atomic E-state index is 0. The molecule has 0 aromatic heterocycles. The molecule has 3 nitrogen and oxygen atoms in total. The molecule has 5 heteroatoms. The molecule has 0 heterocycles. The monoisotopic (exact) mass is 419 g/mol. The molecule has 0 bridgehead atoms. The molecule has 0 amide bonds. The van der Waals surface area contributed by atoms with Gasteiger partial charge in [-0.05, 0) is 36.6 Å². The molecule has 21 heavy (non-hydrogen) atoms. The second-order valence-corrected chi connectivity index (χ2v) is 6.15. The third kappa shape index (κ3) is 5.70. The number of aliphatic imine (C=N–C) groups is 1. The first-order valence-corrected chi connectivity index (χ1v) is 8.75. The third-order valence-corrected chi connectivity index (χ3v) is 4.44. The highest BCUT2D eigenvalue weighted by molar-refractivity contribution is 14.0. The van der Waals surface area contributed by atoms with E-state index >= 15 is 0 Å². The highest BCUT2D eigenvalue weighted by Gasteiger charge is 2.19. The average Bonchev–Trinajstić information content (AvgIpc) is 2.50. The van der Waals surface area contributed by atoms with E-state index in [1.807, 2.05) is 18.8 Å². The normalized spacial score (nSPS) is 17.6. The first-order valence-electron chi connectivity index (χ1n) is 7.36. The first kappa shape index (κ1) is 18.6.